The summed E-state index contributed by atoms with van der Waals surface area (Å²) >= 11 is 0. The molecule has 0 aliphatic heterocycles. The standard InChI is InChI=1S/C13H20O2/c1-8-10(3)13(15)11(4)9(2)12(8)6-5-7-14/h14-15H,5-7H2,1-4H3. The average molecular weight is 208 g/mol. The van der Waals surface area contributed by atoms with Gasteiger partial charge in [-0.15, -0.1) is 0 Å². The van der Waals surface area contributed by atoms with Crippen LogP contribution < -0.4 is 0 Å². The Balaban J connectivity index is 3.26. The summed E-state index contributed by atoms with van der Waals surface area (Å²) in [5, 5.41) is 18.7. The van der Waals surface area contributed by atoms with E-state index in [9.17, 15) is 5.11 Å². The van der Waals surface area contributed by atoms with Crippen LogP contribution in [0.15, 0.2) is 0 Å². The topological polar surface area (TPSA) is 40.5 Å². The molecule has 0 amide bonds. The molecular weight excluding hydrogens is 188 g/mol. The maximum atomic E-state index is 9.87. The van der Waals surface area contributed by atoms with Gasteiger partial charge in [-0.1, -0.05) is 0 Å². The molecule has 0 bridgehead atoms. The minimum atomic E-state index is 0.220. The molecule has 0 aliphatic carbocycles. The largest absolute Gasteiger partial charge is 0.507 e. The molecule has 0 aromatic heterocycles. The van der Waals surface area contributed by atoms with E-state index in [2.05, 4.69) is 0 Å². The second-order valence-electron chi connectivity index (χ2n) is 4.15. The molecule has 2 nitrogen and oxygen atoms in total. The summed E-state index contributed by atoms with van der Waals surface area (Å²) in [4.78, 5) is 0. The van der Waals surface area contributed by atoms with Gasteiger partial charge in [0, 0.05) is 6.61 Å². The molecule has 2 heteroatoms. The van der Waals surface area contributed by atoms with Crippen molar-refractivity contribution < 1.29 is 10.2 Å². The summed E-state index contributed by atoms with van der Waals surface area (Å²) in [5.74, 6) is 0.415. The molecule has 0 spiro atoms. The summed E-state index contributed by atoms with van der Waals surface area (Å²) in [6, 6.07) is 0. The Labute approximate surface area is 91.6 Å². The number of aliphatic hydroxyl groups is 1. The van der Waals surface area contributed by atoms with Crippen molar-refractivity contribution in [2.45, 2.75) is 40.5 Å². The van der Waals surface area contributed by atoms with Gasteiger partial charge in [0.2, 0.25) is 0 Å². The number of phenols is 1. The Hall–Kier alpha value is -1.02. The fourth-order valence-corrected chi connectivity index (χ4v) is 2.00. The van der Waals surface area contributed by atoms with Crippen LogP contribution in [0.2, 0.25) is 0 Å². The van der Waals surface area contributed by atoms with E-state index in [0.717, 1.165) is 35.1 Å². The van der Waals surface area contributed by atoms with E-state index in [4.69, 9.17) is 5.11 Å². The molecule has 0 saturated carbocycles. The smallest absolute Gasteiger partial charge is 0.121 e. The van der Waals surface area contributed by atoms with E-state index in [0.29, 0.717) is 5.75 Å². The first-order chi connectivity index (χ1) is 7.00. The Morgan fingerprint density at radius 3 is 1.73 bits per heavy atom. The monoisotopic (exact) mass is 208 g/mol. The quantitative estimate of drug-likeness (QED) is 0.801. The molecule has 0 heterocycles. The van der Waals surface area contributed by atoms with Gasteiger partial charge in [-0.05, 0) is 68.4 Å². The first kappa shape index (κ1) is 12.1. The SMILES string of the molecule is Cc1c(C)c(CCCO)c(C)c(C)c1O. The molecule has 84 valence electrons. The van der Waals surface area contributed by atoms with Gasteiger partial charge in [-0.3, -0.25) is 0 Å². The van der Waals surface area contributed by atoms with Gasteiger partial charge in [-0.2, -0.15) is 0 Å². The second kappa shape index (κ2) is 4.67. The molecule has 0 atom stereocenters. The Bertz CT molecular complexity index is 338. The normalized spacial score (nSPS) is 10.7. The zero-order valence-electron chi connectivity index (χ0n) is 10.0. The zero-order chi connectivity index (χ0) is 11.6. The van der Waals surface area contributed by atoms with Crippen molar-refractivity contribution in [1.29, 1.82) is 0 Å². The fourth-order valence-electron chi connectivity index (χ4n) is 2.00. The molecule has 0 aliphatic rings. The van der Waals surface area contributed by atoms with E-state index >= 15 is 0 Å². The Kier molecular flexibility index (Phi) is 3.75. The predicted molar refractivity (Wildman–Crippen MR) is 62.5 cm³/mol. The number of aromatic hydroxyl groups is 1. The van der Waals surface area contributed by atoms with Crippen LogP contribution >= 0.6 is 0 Å². The molecule has 0 fully saturated rings. The van der Waals surface area contributed by atoms with Crippen molar-refractivity contribution in [1.82, 2.24) is 0 Å². The van der Waals surface area contributed by atoms with Crippen molar-refractivity contribution in [2.24, 2.45) is 0 Å². The van der Waals surface area contributed by atoms with Gasteiger partial charge in [0.15, 0.2) is 0 Å². The molecule has 0 radical (unpaired) electrons. The van der Waals surface area contributed by atoms with Crippen LogP contribution in [0, 0.1) is 27.7 Å². The number of hydrogen-bond acceptors (Lipinski definition) is 2. The van der Waals surface area contributed by atoms with E-state index in [-0.39, 0.29) is 6.61 Å². The lowest BCUT2D eigenvalue weighted by Gasteiger charge is -2.17. The van der Waals surface area contributed by atoms with E-state index < -0.39 is 0 Å². The Morgan fingerprint density at radius 1 is 0.867 bits per heavy atom. The first-order valence-electron chi connectivity index (χ1n) is 5.39. The van der Waals surface area contributed by atoms with Crippen molar-refractivity contribution in [3.05, 3.63) is 27.8 Å². The van der Waals surface area contributed by atoms with Crippen molar-refractivity contribution in [3.63, 3.8) is 0 Å². The molecule has 15 heavy (non-hydrogen) atoms. The second-order valence-corrected chi connectivity index (χ2v) is 4.15. The lowest BCUT2D eigenvalue weighted by atomic mass is 9.90. The van der Waals surface area contributed by atoms with Crippen molar-refractivity contribution in [3.8, 4) is 5.75 Å². The first-order valence-corrected chi connectivity index (χ1v) is 5.39. The minimum absolute atomic E-state index is 0.220. The van der Waals surface area contributed by atoms with Crippen LogP contribution in [0.4, 0.5) is 0 Å². The van der Waals surface area contributed by atoms with Gasteiger partial charge in [0.1, 0.15) is 5.75 Å². The average Bonchev–Trinajstić information content (AvgIpc) is 2.24. The molecule has 0 unspecified atom stereocenters. The number of rotatable bonds is 3. The van der Waals surface area contributed by atoms with E-state index in [1.807, 2.05) is 27.7 Å². The zero-order valence-corrected chi connectivity index (χ0v) is 10.0. The maximum Gasteiger partial charge on any atom is 0.121 e. The highest BCUT2D eigenvalue weighted by atomic mass is 16.3. The van der Waals surface area contributed by atoms with Gasteiger partial charge in [0.25, 0.3) is 0 Å². The summed E-state index contributed by atoms with van der Waals surface area (Å²) in [6.45, 7) is 8.18. The molecule has 2 N–H and O–H groups in total. The minimum Gasteiger partial charge on any atom is -0.507 e. The third kappa shape index (κ3) is 2.15. The highest BCUT2D eigenvalue weighted by Crippen LogP contribution is 2.31. The number of phenolic OH excluding ortho intramolecular Hbond substituents is 1. The third-order valence-corrected chi connectivity index (χ3v) is 3.33. The maximum absolute atomic E-state index is 9.87. The lowest BCUT2D eigenvalue weighted by Crippen LogP contribution is -2.01. The predicted octanol–water partition coefficient (Wildman–Crippen LogP) is 2.55. The molecule has 1 rings (SSSR count). The van der Waals surface area contributed by atoms with Crippen LogP contribution in [-0.4, -0.2) is 16.8 Å². The number of hydrogen-bond donors (Lipinski definition) is 2. The van der Waals surface area contributed by atoms with Gasteiger partial charge in [-0.25, -0.2) is 0 Å². The van der Waals surface area contributed by atoms with Crippen molar-refractivity contribution in [2.75, 3.05) is 6.61 Å². The van der Waals surface area contributed by atoms with Crippen molar-refractivity contribution >= 4 is 0 Å². The third-order valence-electron chi connectivity index (χ3n) is 3.33. The summed E-state index contributed by atoms with van der Waals surface area (Å²) in [7, 11) is 0. The highest BCUT2D eigenvalue weighted by molar-refractivity contribution is 5.53. The molecule has 1 aromatic carbocycles. The number of aliphatic hydroxyl groups excluding tert-OH is 1. The van der Waals surface area contributed by atoms with E-state index in [1.54, 1.807) is 0 Å². The van der Waals surface area contributed by atoms with Crippen LogP contribution in [0.3, 0.4) is 0 Å². The summed E-state index contributed by atoms with van der Waals surface area (Å²) in [5.41, 5.74) is 5.52. The van der Waals surface area contributed by atoms with Gasteiger partial charge in [0.05, 0.1) is 0 Å². The lowest BCUT2D eigenvalue weighted by molar-refractivity contribution is 0.288. The number of benzene rings is 1. The van der Waals surface area contributed by atoms with Gasteiger partial charge < -0.3 is 10.2 Å². The molecule has 1 aromatic rings. The van der Waals surface area contributed by atoms with Crippen LogP contribution in [0.1, 0.15) is 34.2 Å². The van der Waals surface area contributed by atoms with Crippen LogP contribution in [0.25, 0.3) is 0 Å². The highest BCUT2D eigenvalue weighted by Gasteiger charge is 2.13. The summed E-state index contributed by atoms with van der Waals surface area (Å²) in [6.07, 6.45) is 1.67. The fraction of sp³-hybridized carbons (Fsp3) is 0.538. The molecular formula is C13H20O2. The van der Waals surface area contributed by atoms with E-state index in [1.165, 1.54) is 5.56 Å². The Morgan fingerprint density at radius 2 is 1.33 bits per heavy atom. The summed E-state index contributed by atoms with van der Waals surface area (Å²) < 4.78 is 0. The molecule has 0 saturated heterocycles. The van der Waals surface area contributed by atoms with Gasteiger partial charge >= 0.3 is 0 Å². The van der Waals surface area contributed by atoms with Crippen LogP contribution in [-0.2, 0) is 6.42 Å². The van der Waals surface area contributed by atoms with Crippen LogP contribution in [0.5, 0.6) is 5.75 Å².